The molecule has 33 heavy (non-hydrogen) atoms. The Labute approximate surface area is 199 Å². The molecule has 1 N–H and O–H groups in total. The zero-order chi connectivity index (χ0) is 22.8. The van der Waals surface area contributed by atoms with Crippen molar-refractivity contribution in [1.82, 2.24) is 19.7 Å². The summed E-state index contributed by atoms with van der Waals surface area (Å²) in [5.74, 6) is 0.240. The molecule has 6 nitrogen and oxygen atoms in total. The molecular formula is C26H32N4O2S. The molecule has 2 aromatic heterocycles. The van der Waals surface area contributed by atoms with Gasteiger partial charge in [-0.1, -0.05) is 25.1 Å². The number of nitrogens with zero attached hydrogens (tertiary/aromatic N) is 3. The van der Waals surface area contributed by atoms with E-state index in [1.54, 1.807) is 0 Å². The highest BCUT2D eigenvalue weighted by atomic mass is 32.1. The first kappa shape index (κ1) is 22.2. The van der Waals surface area contributed by atoms with Gasteiger partial charge in [0.25, 0.3) is 5.91 Å². The van der Waals surface area contributed by atoms with Crippen molar-refractivity contribution in [2.45, 2.75) is 38.6 Å². The van der Waals surface area contributed by atoms with Gasteiger partial charge in [0.05, 0.1) is 10.4 Å². The second-order valence-electron chi connectivity index (χ2n) is 9.12. The maximum absolute atomic E-state index is 13.1. The predicted molar refractivity (Wildman–Crippen MR) is 133 cm³/mol. The number of amides is 2. The number of nitrogens with one attached hydrogen (secondary N) is 1. The van der Waals surface area contributed by atoms with E-state index in [0.29, 0.717) is 19.1 Å². The molecule has 0 unspecified atom stereocenters. The van der Waals surface area contributed by atoms with Crippen molar-refractivity contribution in [3.63, 3.8) is 0 Å². The second-order valence-corrected chi connectivity index (χ2v) is 10.2. The third kappa shape index (κ3) is 4.57. The number of hydrogen-bond acceptors (Lipinski definition) is 4. The fourth-order valence-electron chi connectivity index (χ4n) is 5.25. The molecule has 0 radical (unpaired) electrons. The van der Waals surface area contributed by atoms with Crippen LogP contribution in [0.2, 0.25) is 0 Å². The van der Waals surface area contributed by atoms with Gasteiger partial charge in [-0.25, -0.2) is 0 Å². The SMILES string of the molecule is CCN1CCC[C@@H]1CNC(=O)C1CCN(C(=O)c2ccc(-n3ccc4ccccc43)s2)CC1. The van der Waals surface area contributed by atoms with Gasteiger partial charge in [0.2, 0.25) is 5.91 Å². The smallest absolute Gasteiger partial charge is 0.263 e. The lowest BCUT2D eigenvalue weighted by Crippen LogP contribution is -2.45. The van der Waals surface area contributed by atoms with Gasteiger partial charge in [-0.05, 0) is 68.4 Å². The topological polar surface area (TPSA) is 57.6 Å². The van der Waals surface area contributed by atoms with Crippen molar-refractivity contribution in [3.8, 4) is 5.00 Å². The normalized spacial score (nSPS) is 19.9. The van der Waals surface area contributed by atoms with Crippen LogP contribution < -0.4 is 5.32 Å². The van der Waals surface area contributed by atoms with Crippen molar-refractivity contribution in [3.05, 3.63) is 53.5 Å². The van der Waals surface area contributed by atoms with E-state index in [9.17, 15) is 9.59 Å². The van der Waals surface area contributed by atoms with Gasteiger partial charge in [0.1, 0.15) is 5.00 Å². The molecule has 7 heteroatoms. The summed E-state index contributed by atoms with van der Waals surface area (Å²) in [6.45, 7) is 6.40. The fourth-order valence-corrected chi connectivity index (χ4v) is 6.22. The molecule has 0 bridgehead atoms. The number of aromatic nitrogens is 1. The molecule has 2 amide bonds. The molecule has 174 valence electrons. The van der Waals surface area contributed by atoms with Gasteiger partial charge in [-0.2, -0.15) is 0 Å². The average molecular weight is 465 g/mol. The number of rotatable bonds is 6. The van der Waals surface area contributed by atoms with Crippen LogP contribution >= 0.6 is 11.3 Å². The largest absolute Gasteiger partial charge is 0.354 e. The predicted octanol–water partition coefficient (Wildman–Crippen LogP) is 4.14. The van der Waals surface area contributed by atoms with Crippen LogP contribution in [0, 0.1) is 5.92 Å². The molecule has 5 rings (SSSR count). The quantitative estimate of drug-likeness (QED) is 0.596. The first-order valence-electron chi connectivity index (χ1n) is 12.1. The lowest BCUT2D eigenvalue weighted by molar-refractivity contribution is -0.126. The van der Waals surface area contributed by atoms with E-state index in [2.05, 4.69) is 46.1 Å². The first-order chi connectivity index (χ1) is 16.1. The van der Waals surface area contributed by atoms with E-state index >= 15 is 0 Å². The standard InChI is InChI=1S/C26H32N4O2S/c1-2-28-14-5-7-21(28)18-27-25(31)20-11-15-29(16-12-20)26(32)23-9-10-24(33-23)30-17-13-19-6-3-4-8-22(19)30/h3-4,6,8-10,13,17,20-21H,2,5,7,11-12,14-16,18H2,1H3,(H,27,31)/t21-/m1/s1. The third-order valence-electron chi connectivity index (χ3n) is 7.21. The molecule has 2 aliphatic rings. The summed E-state index contributed by atoms with van der Waals surface area (Å²) in [6, 6.07) is 14.8. The Kier molecular flexibility index (Phi) is 6.51. The minimum Gasteiger partial charge on any atom is -0.354 e. The molecular weight excluding hydrogens is 432 g/mol. The van der Waals surface area contributed by atoms with Crippen molar-refractivity contribution < 1.29 is 9.59 Å². The van der Waals surface area contributed by atoms with E-state index in [0.717, 1.165) is 47.9 Å². The molecule has 4 heterocycles. The summed E-state index contributed by atoms with van der Waals surface area (Å²) in [5, 5.41) is 5.42. The summed E-state index contributed by atoms with van der Waals surface area (Å²) in [4.78, 5) is 30.9. The molecule has 0 spiro atoms. The monoisotopic (exact) mass is 464 g/mol. The number of hydrogen-bond donors (Lipinski definition) is 1. The summed E-state index contributed by atoms with van der Waals surface area (Å²) >= 11 is 1.53. The number of benzene rings is 1. The maximum Gasteiger partial charge on any atom is 0.263 e. The molecule has 2 fully saturated rings. The van der Waals surface area contributed by atoms with Crippen molar-refractivity contribution in [2.75, 3.05) is 32.7 Å². The number of piperidine rings is 1. The van der Waals surface area contributed by atoms with Gasteiger partial charge < -0.3 is 14.8 Å². The van der Waals surface area contributed by atoms with Gasteiger partial charge in [0, 0.05) is 37.8 Å². The fraction of sp³-hybridized carbons (Fsp3) is 0.462. The minimum absolute atomic E-state index is 0.00988. The van der Waals surface area contributed by atoms with Gasteiger partial charge in [-0.3, -0.25) is 14.5 Å². The van der Waals surface area contributed by atoms with E-state index in [-0.39, 0.29) is 17.7 Å². The zero-order valence-electron chi connectivity index (χ0n) is 19.2. The van der Waals surface area contributed by atoms with Crippen LogP contribution in [0.1, 0.15) is 42.3 Å². The Morgan fingerprint density at radius 1 is 1.03 bits per heavy atom. The third-order valence-corrected chi connectivity index (χ3v) is 8.28. The first-order valence-corrected chi connectivity index (χ1v) is 12.9. The number of carbonyl (C=O) groups excluding carboxylic acids is 2. The average Bonchev–Trinajstić information content (AvgIpc) is 3.61. The minimum atomic E-state index is 0.00988. The van der Waals surface area contributed by atoms with E-state index < -0.39 is 0 Å². The van der Waals surface area contributed by atoms with Crippen LogP contribution in [-0.2, 0) is 4.79 Å². The number of likely N-dealkylation sites (N-methyl/N-ethyl adjacent to an activating group) is 1. The van der Waals surface area contributed by atoms with E-state index in [4.69, 9.17) is 0 Å². The number of likely N-dealkylation sites (tertiary alicyclic amines) is 2. The van der Waals surface area contributed by atoms with Crippen molar-refractivity contribution in [1.29, 1.82) is 0 Å². The Balaban J connectivity index is 1.15. The van der Waals surface area contributed by atoms with Gasteiger partial charge >= 0.3 is 0 Å². The van der Waals surface area contributed by atoms with Crippen LogP contribution in [0.3, 0.4) is 0 Å². The Bertz CT molecular complexity index is 1130. The molecule has 1 aromatic carbocycles. The highest BCUT2D eigenvalue weighted by Gasteiger charge is 2.30. The molecule has 0 aliphatic carbocycles. The van der Waals surface area contributed by atoms with E-state index in [1.807, 2.05) is 29.2 Å². The highest BCUT2D eigenvalue weighted by molar-refractivity contribution is 7.16. The Morgan fingerprint density at radius 2 is 1.85 bits per heavy atom. The lowest BCUT2D eigenvalue weighted by Gasteiger charge is -2.31. The summed E-state index contributed by atoms with van der Waals surface area (Å²) in [6.07, 6.45) is 5.92. The Morgan fingerprint density at radius 3 is 2.67 bits per heavy atom. The molecule has 1 atom stereocenters. The van der Waals surface area contributed by atoms with Crippen LogP contribution in [0.15, 0.2) is 48.7 Å². The van der Waals surface area contributed by atoms with Gasteiger partial charge in [-0.15, -0.1) is 11.3 Å². The van der Waals surface area contributed by atoms with E-state index in [1.165, 1.54) is 29.6 Å². The Hall–Kier alpha value is -2.64. The molecule has 0 saturated carbocycles. The molecule has 2 saturated heterocycles. The summed E-state index contributed by atoms with van der Waals surface area (Å²) < 4.78 is 2.14. The lowest BCUT2D eigenvalue weighted by atomic mass is 9.95. The van der Waals surface area contributed by atoms with Crippen molar-refractivity contribution in [2.24, 2.45) is 5.92 Å². The summed E-state index contributed by atoms with van der Waals surface area (Å²) in [5.41, 5.74) is 1.14. The number of thiophene rings is 1. The van der Waals surface area contributed by atoms with Crippen LogP contribution in [-0.4, -0.2) is 64.9 Å². The van der Waals surface area contributed by atoms with Crippen LogP contribution in [0.5, 0.6) is 0 Å². The van der Waals surface area contributed by atoms with Crippen molar-refractivity contribution >= 4 is 34.1 Å². The molecule has 3 aromatic rings. The zero-order valence-corrected chi connectivity index (χ0v) is 20.0. The molecule has 2 aliphatic heterocycles. The van der Waals surface area contributed by atoms with Gasteiger partial charge in [0.15, 0.2) is 0 Å². The summed E-state index contributed by atoms with van der Waals surface area (Å²) in [7, 11) is 0. The number of carbonyl (C=O) groups is 2. The van der Waals surface area contributed by atoms with Crippen LogP contribution in [0.25, 0.3) is 15.9 Å². The number of fused-ring (bicyclic) bond motifs is 1. The highest BCUT2D eigenvalue weighted by Crippen LogP contribution is 2.28. The number of para-hydroxylation sites is 1. The second kappa shape index (κ2) is 9.69. The maximum atomic E-state index is 13.1. The van der Waals surface area contributed by atoms with Crippen LogP contribution in [0.4, 0.5) is 0 Å².